The Hall–Kier alpha value is -2.62. The number of amides is 2. The van der Waals surface area contributed by atoms with Gasteiger partial charge in [0.2, 0.25) is 0 Å². The van der Waals surface area contributed by atoms with Gasteiger partial charge in [-0.3, -0.25) is 20.4 Å². The number of hydrazine groups is 1. The zero-order valence-electron chi connectivity index (χ0n) is 16.2. The van der Waals surface area contributed by atoms with E-state index in [1.54, 1.807) is 24.3 Å². The maximum Gasteiger partial charge on any atom is 0.270 e. The fourth-order valence-corrected chi connectivity index (χ4v) is 2.93. The Kier molecular flexibility index (Phi) is 6.19. The Labute approximate surface area is 156 Å². The van der Waals surface area contributed by atoms with Crippen LogP contribution in [0.25, 0.3) is 0 Å². The van der Waals surface area contributed by atoms with E-state index in [0.29, 0.717) is 11.1 Å². The van der Waals surface area contributed by atoms with Crippen molar-refractivity contribution < 1.29 is 9.59 Å². The van der Waals surface area contributed by atoms with Gasteiger partial charge < -0.3 is 0 Å². The van der Waals surface area contributed by atoms with Gasteiger partial charge in [-0.25, -0.2) is 0 Å². The molecule has 2 aromatic carbocycles. The summed E-state index contributed by atoms with van der Waals surface area (Å²) in [5.41, 5.74) is 8.29. The number of benzene rings is 2. The smallest absolute Gasteiger partial charge is 0.267 e. The van der Waals surface area contributed by atoms with Crippen molar-refractivity contribution in [3.63, 3.8) is 0 Å². The molecule has 2 amide bonds. The minimum Gasteiger partial charge on any atom is -0.267 e. The number of carbonyl (C=O) groups is 2. The Morgan fingerprint density at radius 2 is 1.50 bits per heavy atom. The van der Waals surface area contributed by atoms with Gasteiger partial charge in [-0.2, -0.15) is 0 Å². The van der Waals surface area contributed by atoms with E-state index in [9.17, 15) is 9.59 Å². The third-order valence-electron chi connectivity index (χ3n) is 4.08. The number of carbonyl (C=O) groups excluding carboxylic acids is 2. The largest absolute Gasteiger partial charge is 0.270 e. The van der Waals surface area contributed by atoms with E-state index in [4.69, 9.17) is 0 Å². The van der Waals surface area contributed by atoms with Gasteiger partial charge in [0, 0.05) is 11.1 Å². The molecule has 0 atom stereocenters. The second-order valence-electron chi connectivity index (χ2n) is 8.05. The van der Waals surface area contributed by atoms with Crippen LogP contribution in [0, 0.1) is 5.41 Å². The highest BCUT2D eigenvalue weighted by atomic mass is 16.2. The first-order chi connectivity index (χ1) is 12.2. The minimum absolute atomic E-state index is 0.0535. The second-order valence-corrected chi connectivity index (χ2v) is 8.05. The molecule has 4 nitrogen and oxygen atoms in total. The van der Waals surface area contributed by atoms with Crippen molar-refractivity contribution in [2.24, 2.45) is 5.41 Å². The first kappa shape index (κ1) is 19.7. The molecular formula is C22H28N2O2. The summed E-state index contributed by atoms with van der Waals surface area (Å²) in [6, 6.07) is 14.8. The molecule has 0 spiro atoms. The molecule has 0 aliphatic rings. The molecule has 2 aromatic rings. The van der Waals surface area contributed by atoms with Crippen molar-refractivity contribution in [3.8, 4) is 0 Å². The molecule has 2 N–H and O–H groups in total. The molecular weight excluding hydrogens is 324 g/mol. The lowest BCUT2D eigenvalue weighted by Gasteiger charge is -2.23. The van der Waals surface area contributed by atoms with Crippen molar-refractivity contribution in [1.82, 2.24) is 10.9 Å². The lowest BCUT2D eigenvalue weighted by Crippen LogP contribution is -2.42. The normalized spacial score (nSPS) is 11.3. The predicted molar refractivity (Wildman–Crippen MR) is 105 cm³/mol. The molecule has 26 heavy (non-hydrogen) atoms. The maximum absolute atomic E-state index is 12.9. The van der Waals surface area contributed by atoms with Gasteiger partial charge in [0.05, 0.1) is 0 Å². The van der Waals surface area contributed by atoms with Crippen LogP contribution in [0.3, 0.4) is 0 Å². The fourth-order valence-electron chi connectivity index (χ4n) is 2.93. The van der Waals surface area contributed by atoms with Crippen molar-refractivity contribution in [2.75, 3.05) is 0 Å². The highest BCUT2D eigenvalue weighted by Gasteiger charge is 2.22. The molecule has 0 heterocycles. The van der Waals surface area contributed by atoms with Crippen LogP contribution < -0.4 is 10.9 Å². The molecule has 0 saturated carbocycles. The van der Waals surface area contributed by atoms with Crippen LogP contribution in [-0.4, -0.2) is 11.8 Å². The molecule has 0 fully saturated rings. The van der Waals surface area contributed by atoms with E-state index in [1.165, 1.54) is 0 Å². The van der Waals surface area contributed by atoms with E-state index in [2.05, 4.69) is 45.5 Å². The monoisotopic (exact) mass is 352 g/mol. The molecule has 138 valence electrons. The summed E-state index contributed by atoms with van der Waals surface area (Å²) in [5.74, 6) is -0.406. The summed E-state index contributed by atoms with van der Waals surface area (Å²) < 4.78 is 0. The van der Waals surface area contributed by atoms with Crippen LogP contribution in [0.1, 0.15) is 72.4 Å². The van der Waals surface area contributed by atoms with E-state index in [1.807, 2.05) is 24.3 Å². The first-order valence-corrected chi connectivity index (χ1v) is 8.96. The van der Waals surface area contributed by atoms with E-state index < -0.39 is 0 Å². The van der Waals surface area contributed by atoms with Crippen molar-refractivity contribution >= 4 is 11.8 Å². The van der Waals surface area contributed by atoms with E-state index in [-0.39, 0.29) is 23.1 Å². The quantitative estimate of drug-likeness (QED) is 0.798. The summed E-state index contributed by atoms with van der Waals surface area (Å²) in [4.78, 5) is 25.1. The summed E-state index contributed by atoms with van der Waals surface area (Å²) in [7, 11) is 0. The zero-order valence-corrected chi connectivity index (χ0v) is 16.2. The molecule has 0 unspecified atom stereocenters. The van der Waals surface area contributed by atoms with E-state index in [0.717, 1.165) is 17.5 Å². The van der Waals surface area contributed by atoms with Crippen LogP contribution in [0.2, 0.25) is 0 Å². The standard InChI is InChI=1S/C22H28N2O2/c1-15(2)18-13-9-12-17(14-22(3,4)5)19(18)21(26)24-23-20(25)16-10-7-6-8-11-16/h6-13,15H,14H2,1-5H3,(H,23,25)(H,24,26). The molecule has 0 aliphatic carbocycles. The van der Waals surface area contributed by atoms with Crippen molar-refractivity contribution in [3.05, 3.63) is 70.8 Å². The molecule has 0 bridgehead atoms. The van der Waals surface area contributed by atoms with Gasteiger partial charge in [-0.1, -0.05) is 71.0 Å². The second kappa shape index (κ2) is 8.17. The van der Waals surface area contributed by atoms with Crippen molar-refractivity contribution in [2.45, 2.75) is 47.0 Å². The number of nitrogens with one attached hydrogen (secondary N) is 2. The molecule has 0 saturated heterocycles. The number of rotatable bonds is 4. The van der Waals surface area contributed by atoms with Gasteiger partial charge in [-0.05, 0) is 41.0 Å². The van der Waals surface area contributed by atoms with Crippen LogP contribution in [0.5, 0.6) is 0 Å². The van der Waals surface area contributed by atoms with Crippen LogP contribution >= 0.6 is 0 Å². The highest BCUT2D eigenvalue weighted by Crippen LogP contribution is 2.28. The maximum atomic E-state index is 12.9. The van der Waals surface area contributed by atoms with Gasteiger partial charge >= 0.3 is 0 Å². The number of hydrogen-bond acceptors (Lipinski definition) is 2. The Bertz CT molecular complexity index is 774. The van der Waals surface area contributed by atoms with Gasteiger partial charge in [0.1, 0.15) is 0 Å². The van der Waals surface area contributed by atoms with Gasteiger partial charge in [0.25, 0.3) is 11.8 Å². The molecule has 0 aliphatic heterocycles. The Morgan fingerprint density at radius 1 is 0.885 bits per heavy atom. The first-order valence-electron chi connectivity index (χ1n) is 8.96. The lowest BCUT2D eigenvalue weighted by molar-refractivity contribution is 0.0845. The average molecular weight is 352 g/mol. The molecule has 4 heteroatoms. The summed E-state index contributed by atoms with van der Waals surface area (Å²) >= 11 is 0. The van der Waals surface area contributed by atoms with Crippen molar-refractivity contribution in [1.29, 1.82) is 0 Å². The summed E-state index contributed by atoms with van der Waals surface area (Å²) in [6.07, 6.45) is 0.781. The predicted octanol–water partition coefficient (Wildman–Crippen LogP) is 4.47. The zero-order chi connectivity index (χ0) is 19.3. The average Bonchev–Trinajstić information content (AvgIpc) is 2.58. The Balaban J connectivity index is 2.25. The molecule has 2 rings (SSSR count). The van der Waals surface area contributed by atoms with Crippen LogP contribution in [0.15, 0.2) is 48.5 Å². The van der Waals surface area contributed by atoms with E-state index >= 15 is 0 Å². The van der Waals surface area contributed by atoms with Crippen LogP contribution in [-0.2, 0) is 6.42 Å². The molecule has 0 aromatic heterocycles. The summed E-state index contributed by atoms with van der Waals surface area (Å²) in [5, 5.41) is 0. The third-order valence-corrected chi connectivity index (χ3v) is 4.08. The fraction of sp³-hybridized carbons (Fsp3) is 0.364. The van der Waals surface area contributed by atoms with Gasteiger partial charge in [-0.15, -0.1) is 0 Å². The van der Waals surface area contributed by atoms with Gasteiger partial charge in [0.15, 0.2) is 0 Å². The SMILES string of the molecule is CC(C)c1cccc(CC(C)(C)C)c1C(=O)NNC(=O)c1ccccc1. The minimum atomic E-state index is -0.335. The third kappa shape index (κ3) is 5.19. The lowest BCUT2D eigenvalue weighted by atomic mass is 9.83. The van der Waals surface area contributed by atoms with Crippen LogP contribution in [0.4, 0.5) is 0 Å². The Morgan fingerprint density at radius 3 is 2.08 bits per heavy atom. The molecule has 0 radical (unpaired) electrons. The topological polar surface area (TPSA) is 58.2 Å². The number of hydrogen-bond donors (Lipinski definition) is 2. The highest BCUT2D eigenvalue weighted by molar-refractivity contribution is 6.00. The summed E-state index contributed by atoms with van der Waals surface area (Å²) in [6.45, 7) is 10.6.